The smallest absolute Gasteiger partial charge is 0.305 e. The highest BCUT2D eigenvalue weighted by atomic mass is 32.2. The van der Waals surface area contributed by atoms with Crippen LogP contribution in [0.1, 0.15) is 12.8 Å². The SMILES string of the molecule is COC(=O)CCCNC(=O)CSCC1CNC1. The van der Waals surface area contributed by atoms with E-state index in [4.69, 9.17) is 0 Å². The number of hydrogen-bond donors (Lipinski definition) is 2. The van der Waals surface area contributed by atoms with Crippen LogP contribution in [0.3, 0.4) is 0 Å². The second-order valence-corrected chi connectivity index (χ2v) is 5.10. The summed E-state index contributed by atoms with van der Waals surface area (Å²) in [4.78, 5) is 22.2. The average Bonchev–Trinajstić information content (AvgIpc) is 2.27. The first-order chi connectivity index (χ1) is 8.22. The maximum Gasteiger partial charge on any atom is 0.305 e. The lowest BCUT2D eigenvalue weighted by atomic mass is 10.1. The Labute approximate surface area is 106 Å². The van der Waals surface area contributed by atoms with E-state index in [2.05, 4.69) is 15.4 Å². The predicted octanol–water partition coefficient (Wildman–Crippen LogP) is 0.00840. The standard InChI is InChI=1S/C11H20N2O3S/c1-16-11(15)3-2-4-13-10(14)8-17-7-9-5-12-6-9/h9,12H,2-8H2,1H3,(H,13,14). The molecule has 2 N–H and O–H groups in total. The Balaban J connectivity index is 1.88. The molecule has 0 spiro atoms. The number of hydrogen-bond acceptors (Lipinski definition) is 5. The maximum atomic E-state index is 11.4. The lowest BCUT2D eigenvalue weighted by Crippen LogP contribution is -2.43. The number of rotatable bonds is 8. The fraction of sp³-hybridized carbons (Fsp3) is 0.818. The van der Waals surface area contributed by atoms with Gasteiger partial charge in [-0.2, -0.15) is 11.8 Å². The van der Waals surface area contributed by atoms with Crippen LogP contribution in [0.4, 0.5) is 0 Å². The molecule has 0 unspecified atom stereocenters. The number of ether oxygens (including phenoxy) is 1. The topological polar surface area (TPSA) is 67.4 Å². The molecule has 1 amide bonds. The molecular weight excluding hydrogens is 240 g/mol. The third-order valence-corrected chi connectivity index (χ3v) is 3.73. The minimum absolute atomic E-state index is 0.0483. The van der Waals surface area contributed by atoms with E-state index in [9.17, 15) is 9.59 Å². The van der Waals surface area contributed by atoms with Crippen LogP contribution < -0.4 is 10.6 Å². The maximum absolute atomic E-state index is 11.4. The number of thioether (sulfide) groups is 1. The monoisotopic (exact) mass is 260 g/mol. The van der Waals surface area contributed by atoms with Crippen molar-refractivity contribution in [3.05, 3.63) is 0 Å². The fourth-order valence-corrected chi connectivity index (χ4v) is 2.37. The summed E-state index contributed by atoms with van der Waals surface area (Å²) in [6.07, 6.45) is 0.993. The number of carbonyl (C=O) groups excluding carboxylic acids is 2. The summed E-state index contributed by atoms with van der Waals surface area (Å²) in [6, 6.07) is 0. The molecule has 0 saturated carbocycles. The van der Waals surface area contributed by atoms with Gasteiger partial charge < -0.3 is 15.4 Å². The molecule has 0 aromatic heterocycles. The van der Waals surface area contributed by atoms with Crippen LogP contribution in [0, 0.1) is 5.92 Å². The molecule has 98 valence electrons. The summed E-state index contributed by atoms with van der Waals surface area (Å²) in [5.41, 5.74) is 0. The first-order valence-corrected chi connectivity index (χ1v) is 7.00. The fourth-order valence-electron chi connectivity index (χ4n) is 1.40. The number of carbonyl (C=O) groups is 2. The molecule has 0 aromatic carbocycles. The summed E-state index contributed by atoms with van der Waals surface area (Å²) in [5.74, 6) is 2.10. The molecule has 0 aliphatic carbocycles. The normalized spacial score (nSPS) is 15.1. The van der Waals surface area contributed by atoms with E-state index in [1.807, 2.05) is 0 Å². The van der Waals surface area contributed by atoms with Crippen molar-refractivity contribution in [2.45, 2.75) is 12.8 Å². The Morgan fingerprint density at radius 3 is 2.82 bits per heavy atom. The van der Waals surface area contributed by atoms with Crippen LogP contribution in [-0.2, 0) is 14.3 Å². The van der Waals surface area contributed by atoms with E-state index in [-0.39, 0.29) is 11.9 Å². The lowest BCUT2D eigenvalue weighted by molar-refractivity contribution is -0.140. The molecule has 0 radical (unpaired) electrons. The first-order valence-electron chi connectivity index (χ1n) is 5.84. The second kappa shape index (κ2) is 8.36. The van der Waals surface area contributed by atoms with Crippen molar-refractivity contribution in [3.8, 4) is 0 Å². The molecule has 1 rings (SSSR count). The molecule has 1 saturated heterocycles. The number of methoxy groups -OCH3 is 1. The van der Waals surface area contributed by atoms with Crippen molar-refractivity contribution in [3.63, 3.8) is 0 Å². The summed E-state index contributed by atoms with van der Waals surface area (Å²) < 4.78 is 4.51. The van der Waals surface area contributed by atoms with Gasteiger partial charge in [-0.05, 0) is 31.2 Å². The highest BCUT2D eigenvalue weighted by Crippen LogP contribution is 2.11. The van der Waals surface area contributed by atoms with Crippen LogP contribution in [0.25, 0.3) is 0 Å². The van der Waals surface area contributed by atoms with E-state index in [0.717, 1.165) is 24.8 Å². The molecule has 1 aliphatic rings. The highest BCUT2D eigenvalue weighted by Gasteiger charge is 2.16. The average molecular weight is 260 g/mol. The highest BCUT2D eigenvalue weighted by molar-refractivity contribution is 7.99. The Hall–Kier alpha value is -0.750. The summed E-state index contributed by atoms with van der Waals surface area (Å²) in [5, 5.41) is 5.99. The Bertz CT molecular complexity index is 257. The minimum Gasteiger partial charge on any atom is -0.469 e. The molecule has 1 fully saturated rings. The minimum atomic E-state index is -0.230. The zero-order valence-corrected chi connectivity index (χ0v) is 11.0. The van der Waals surface area contributed by atoms with Crippen LogP contribution in [0.15, 0.2) is 0 Å². The van der Waals surface area contributed by atoms with Gasteiger partial charge in [-0.25, -0.2) is 0 Å². The molecule has 1 heterocycles. The van der Waals surface area contributed by atoms with Gasteiger partial charge in [-0.3, -0.25) is 9.59 Å². The number of amides is 1. The van der Waals surface area contributed by atoms with Crippen molar-refractivity contribution in [1.29, 1.82) is 0 Å². The van der Waals surface area contributed by atoms with Gasteiger partial charge >= 0.3 is 5.97 Å². The summed E-state index contributed by atoms with van der Waals surface area (Å²) >= 11 is 1.67. The Kier molecular flexibility index (Phi) is 7.04. The van der Waals surface area contributed by atoms with Gasteiger partial charge in [0.15, 0.2) is 0 Å². The van der Waals surface area contributed by atoms with Gasteiger partial charge in [0.05, 0.1) is 12.9 Å². The van der Waals surface area contributed by atoms with Gasteiger partial charge in [-0.1, -0.05) is 0 Å². The zero-order valence-electron chi connectivity index (χ0n) is 10.2. The molecule has 0 atom stereocenters. The van der Waals surface area contributed by atoms with Gasteiger partial charge in [-0.15, -0.1) is 0 Å². The summed E-state index contributed by atoms with van der Waals surface area (Å²) in [7, 11) is 1.37. The van der Waals surface area contributed by atoms with E-state index >= 15 is 0 Å². The van der Waals surface area contributed by atoms with E-state index in [1.165, 1.54) is 7.11 Å². The lowest BCUT2D eigenvalue weighted by Gasteiger charge is -2.26. The Morgan fingerprint density at radius 2 is 2.24 bits per heavy atom. The first kappa shape index (κ1) is 14.3. The third-order valence-electron chi connectivity index (χ3n) is 2.56. The van der Waals surface area contributed by atoms with Gasteiger partial charge in [0.1, 0.15) is 0 Å². The van der Waals surface area contributed by atoms with E-state index in [1.54, 1.807) is 11.8 Å². The number of esters is 1. The zero-order chi connectivity index (χ0) is 12.5. The molecule has 6 heteroatoms. The van der Waals surface area contributed by atoms with Crippen molar-refractivity contribution in [2.24, 2.45) is 5.92 Å². The molecule has 17 heavy (non-hydrogen) atoms. The van der Waals surface area contributed by atoms with Crippen LogP contribution in [0.2, 0.25) is 0 Å². The van der Waals surface area contributed by atoms with Gasteiger partial charge in [0.2, 0.25) is 5.91 Å². The van der Waals surface area contributed by atoms with Crippen LogP contribution >= 0.6 is 11.8 Å². The van der Waals surface area contributed by atoms with Crippen molar-refractivity contribution in [2.75, 3.05) is 38.2 Å². The van der Waals surface area contributed by atoms with Gasteiger partial charge in [0, 0.05) is 13.0 Å². The van der Waals surface area contributed by atoms with E-state index < -0.39 is 0 Å². The summed E-state index contributed by atoms with van der Waals surface area (Å²) in [6.45, 7) is 2.70. The third kappa shape index (κ3) is 6.53. The Morgan fingerprint density at radius 1 is 1.47 bits per heavy atom. The predicted molar refractivity (Wildman–Crippen MR) is 67.9 cm³/mol. The van der Waals surface area contributed by atoms with Crippen LogP contribution in [-0.4, -0.2) is 50.1 Å². The quantitative estimate of drug-likeness (QED) is 0.475. The molecule has 1 aliphatic heterocycles. The van der Waals surface area contributed by atoms with Gasteiger partial charge in [0.25, 0.3) is 0 Å². The van der Waals surface area contributed by atoms with E-state index in [0.29, 0.717) is 25.1 Å². The number of nitrogens with one attached hydrogen (secondary N) is 2. The van der Waals surface area contributed by atoms with Crippen molar-refractivity contribution >= 4 is 23.6 Å². The largest absolute Gasteiger partial charge is 0.469 e. The molecule has 0 bridgehead atoms. The molecular formula is C11H20N2O3S. The van der Waals surface area contributed by atoms with Crippen LogP contribution in [0.5, 0.6) is 0 Å². The molecule has 0 aromatic rings. The molecule has 5 nitrogen and oxygen atoms in total. The van der Waals surface area contributed by atoms with Crippen molar-refractivity contribution in [1.82, 2.24) is 10.6 Å². The second-order valence-electron chi connectivity index (χ2n) is 4.07. The van der Waals surface area contributed by atoms with Crippen molar-refractivity contribution < 1.29 is 14.3 Å².